The summed E-state index contributed by atoms with van der Waals surface area (Å²) in [6.45, 7) is 0. The van der Waals surface area contributed by atoms with E-state index in [1.54, 1.807) is 6.07 Å². The quantitative estimate of drug-likeness (QED) is 0.928. The lowest BCUT2D eigenvalue weighted by Crippen LogP contribution is -2.17. The van der Waals surface area contributed by atoms with Gasteiger partial charge in [-0.05, 0) is 42.9 Å². The van der Waals surface area contributed by atoms with Crippen molar-refractivity contribution in [3.8, 4) is 0 Å². The highest BCUT2D eigenvalue weighted by molar-refractivity contribution is 7.91. The average molecular weight is 307 g/mol. The van der Waals surface area contributed by atoms with Crippen LogP contribution in [0.15, 0.2) is 18.2 Å². The second-order valence-electron chi connectivity index (χ2n) is 5.11. The Bertz CT molecular complexity index is 559. The minimum absolute atomic E-state index is 0.0240. The molecule has 2 rings (SSSR count). The SMILES string of the molecule is O=S1(=O)CCC(CC(O)Cc2ccc(F)c(Cl)c2)C1. The van der Waals surface area contributed by atoms with Gasteiger partial charge in [-0.15, -0.1) is 0 Å². The molecular formula is C13H16ClFO3S. The number of aliphatic hydroxyl groups is 1. The van der Waals surface area contributed by atoms with Gasteiger partial charge in [0.1, 0.15) is 5.82 Å². The molecule has 1 aliphatic rings. The third-order valence-corrected chi connectivity index (χ3v) is 5.51. The van der Waals surface area contributed by atoms with E-state index in [1.165, 1.54) is 12.1 Å². The van der Waals surface area contributed by atoms with Crippen LogP contribution < -0.4 is 0 Å². The fourth-order valence-electron chi connectivity index (χ4n) is 2.46. The van der Waals surface area contributed by atoms with Crippen molar-refractivity contribution in [2.75, 3.05) is 11.5 Å². The number of sulfone groups is 1. The maximum Gasteiger partial charge on any atom is 0.150 e. The van der Waals surface area contributed by atoms with Crippen molar-refractivity contribution >= 4 is 21.4 Å². The Balaban J connectivity index is 1.91. The van der Waals surface area contributed by atoms with E-state index < -0.39 is 21.8 Å². The van der Waals surface area contributed by atoms with Crippen LogP contribution in [0.5, 0.6) is 0 Å². The molecule has 0 aliphatic carbocycles. The third-order valence-electron chi connectivity index (χ3n) is 3.39. The van der Waals surface area contributed by atoms with E-state index in [-0.39, 0.29) is 22.4 Å². The summed E-state index contributed by atoms with van der Waals surface area (Å²) in [7, 11) is -2.91. The zero-order valence-corrected chi connectivity index (χ0v) is 11.9. The normalized spacial score (nSPS) is 23.4. The van der Waals surface area contributed by atoms with Gasteiger partial charge in [-0.2, -0.15) is 0 Å². The van der Waals surface area contributed by atoms with Crippen molar-refractivity contribution in [1.29, 1.82) is 0 Å². The van der Waals surface area contributed by atoms with Crippen LogP contribution in [0.25, 0.3) is 0 Å². The Hall–Kier alpha value is -0.650. The van der Waals surface area contributed by atoms with Crippen LogP contribution in [0.4, 0.5) is 4.39 Å². The molecule has 6 heteroatoms. The summed E-state index contributed by atoms with van der Waals surface area (Å²) in [4.78, 5) is 0. The molecule has 2 atom stereocenters. The molecule has 0 saturated carbocycles. The molecule has 1 saturated heterocycles. The third kappa shape index (κ3) is 4.16. The van der Waals surface area contributed by atoms with Crippen LogP contribution in [-0.4, -0.2) is 31.1 Å². The number of hydrogen-bond donors (Lipinski definition) is 1. The van der Waals surface area contributed by atoms with E-state index in [9.17, 15) is 17.9 Å². The maximum atomic E-state index is 13.0. The first kappa shape index (κ1) is 14.8. The van der Waals surface area contributed by atoms with Gasteiger partial charge in [0, 0.05) is 0 Å². The van der Waals surface area contributed by atoms with Gasteiger partial charge < -0.3 is 5.11 Å². The number of benzene rings is 1. The minimum Gasteiger partial charge on any atom is -0.393 e. The molecule has 0 spiro atoms. The number of halogens is 2. The molecule has 0 aromatic heterocycles. The summed E-state index contributed by atoms with van der Waals surface area (Å²) >= 11 is 5.67. The van der Waals surface area contributed by atoms with Gasteiger partial charge in [-0.1, -0.05) is 17.7 Å². The predicted octanol–water partition coefficient (Wildman–Crippen LogP) is 2.21. The monoisotopic (exact) mass is 306 g/mol. The van der Waals surface area contributed by atoms with Gasteiger partial charge in [0.05, 0.1) is 22.6 Å². The fourth-order valence-corrected chi connectivity index (χ4v) is 4.55. The van der Waals surface area contributed by atoms with Crippen LogP contribution in [0.1, 0.15) is 18.4 Å². The first-order valence-electron chi connectivity index (χ1n) is 6.18. The minimum atomic E-state index is -2.91. The van der Waals surface area contributed by atoms with Crippen molar-refractivity contribution in [1.82, 2.24) is 0 Å². The molecule has 0 radical (unpaired) electrons. The first-order chi connectivity index (χ1) is 8.85. The topological polar surface area (TPSA) is 54.4 Å². The zero-order valence-electron chi connectivity index (χ0n) is 10.4. The van der Waals surface area contributed by atoms with E-state index in [0.717, 1.165) is 5.56 Å². The van der Waals surface area contributed by atoms with E-state index in [0.29, 0.717) is 19.3 Å². The lowest BCUT2D eigenvalue weighted by Gasteiger charge is -2.14. The van der Waals surface area contributed by atoms with Crippen LogP contribution in [0.3, 0.4) is 0 Å². The molecule has 1 heterocycles. The molecule has 1 fully saturated rings. The van der Waals surface area contributed by atoms with Crippen LogP contribution in [-0.2, 0) is 16.3 Å². The highest BCUT2D eigenvalue weighted by atomic mass is 35.5. The summed E-state index contributed by atoms with van der Waals surface area (Å²) in [5.41, 5.74) is 0.750. The lowest BCUT2D eigenvalue weighted by atomic mass is 9.97. The van der Waals surface area contributed by atoms with E-state index in [2.05, 4.69) is 0 Å². The van der Waals surface area contributed by atoms with Crippen LogP contribution >= 0.6 is 11.6 Å². The Morgan fingerprint density at radius 3 is 2.79 bits per heavy atom. The van der Waals surface area contributed by atoms with Crippen molar-refractivity contribution in [3.63, 3.8) is 0 Å². The molecule has 1 aromatic carbocycles. The summed E-state index contributed by atoms with van der Waals surface area (Å²) in [5, 5.41) is 10.00. The van der Waals surface area contributed by atoms with Gasteiger partial charge in [0.15, 0.2) is 9.84 Å². The van der Waals surface area contributed by atoms with Crippen LogP contribution in [0, 0.1) is 11.7 Å². The first-order valence-corrected chi connectivity index (χ1v) is 8.38. The molecule has 1 aromatic rings. The van der Waals surface area contributed by atoms with Crippen molar-refractivity contribution in [3.05, 3.63) is 34.6 Å². The summed E-state index contributed by atoms with van der Waals surface area (Å²) in [6, 6.07) is 4.34. The average Bonchev–Trinajstić information content (AvgIpc) is 2.63. The molecule has 3 nitrogen and oxygen atoms in total. The molecule has 19 heavy (non-hydrogen) atoms. The van der Waals surface area contributed by atoms with E-state index in [1.807, 2.05) is 0 Å². The molecular weight excluding hydrogens is 291 g/mol. The van der Waals surface area contributed by atoms with Crippen molar-refractivity contribution < 1.29 is 17.9 Å². The molecule has 0 amide bonds. The summed E-state index contributed by atoms with van der Waals surface area (Å²) in [6.07, 6.45) is 0.800. The van der Waals surface area contributed by atoms with Crippen molar-refractivity contribution in [2.45, 2.75) is 25.4 Å². The highest BCUT2D eigenvalue weighted by Gasteiger charge is 2.29. The maximum absolute atomic E-state index is 13.0. The van der Waals surface area contributed by atoms with Gasteiger partial charge in [0.2, 0.25) is 0 Å². The van der Waals surface area contributed by atoms with Gasteiger partial charge in [-0.25, -0.2) is 12.8 Å². The number of rotatable bonds is 4. The fraction of sp³-hybridized carbons (Fsp3) is 0.538. The van der Waals surface area contributed by atoms with Crippen LogP contribution in [0.2, 0.25) is 5.02 Å². The zero-order chi connectivity index (χ0) is 14.0. The second kappa shape index (κ2) is 5.77. The Kier molecular flexibility index (Phi) is 4.48. The largest absolute Gasteiger partial charge is 0.393 e. The highest BCUT2D eigenvalue weighted by Crippen LogP contribution is 2.24. The van der Waals surface area contributed by atoms with Gasteiger partial charge in [0.25, 0.3) is 0 Å². The summed E-state index contributed by atoms with van der Waals surface area (Å²) < 4.78 is 35.6. The van der Waals surface area contributed by atoms with Gasteiger partial charge in [-0.3, -0.25) is 0 Å². The lowest BCUT2D eigenvalue weighted by molar-refractivity contribution is 0.147. The Labute approximate surface area is 117 Å². The van der Waals surface area contributed by atoms with E-state index in [4.69, 9.17) is 11.6 Å². The molecule has 0 bridgehead atoms. The number of hydrogen-bond acceptors (Lipinski definition) is 3. The van der Waals surface area contributed by atoms with E-state index >= 15 is 0 Å². The standard InChI is InChI=1S/C13H16ClFO3S/c14-12-7-9(1-2-13(12)15)5-11(16)6-10-3-4-19(17,18)8-10/h1-2,7,10-11,16H,3-6,8H2. The molecule has 2 unspecified atom stereocenters. The summed E-state index contributed by atoms with van der Waals surface area (Å²) in [5.74, 6) is -0.0845. The Morgan fingerprint density at radius 2 is 2.21 bits per heavy atom. The van der Waals surface area contributed by atoms with Gasteiger partial charge >= 0.3 is 0 Å². The predicted molar refractivity (Wildman–Crippen MR) is 72.5 cm³/mol. The van der Waals surface area contributed by atoms with Crippen molar-refractivity contribution in [2.24, 2.45) is 5.92 Å². The molecule has 1 aliphatic heterocycles. The number of aliphatic hydroxyl groups excluding tert-OH is 1. The smallest absolute Gasteiger partial charge is 0.150 e. The molecule has 106 valence electrons. The second-order valence-corrected chi connectivity index (χ2v) is 7.75. The molecule has 1 N–H and O–H groups in total. The Morgan fingerprint density at radius 1 is 1.47 bits per heavy atom.